The molecule has 3 aromatic rings. The molecular weight excluding hydrogens is 497 g/mol. The van der Waals surface area contributed by atoms with Crippen LogP contribution in [0.5, 0.6) is 0 Å². The number of carbonyl (C=O) groups is 3. The number of benzene rings is 2. The van der Waals surface area contributed by atoms with Gasteiger partial charge in [-0.2, -0.15) is 0 Å². The Morgan fingerprint density at radius 1 is 0.919 bits per heavy atom. The third-order valence-corrected chi connectivity index (χ3v) is 6.40. The van der Waals surface area contributed by atoms with Crippen LogP contribution in [0.1, 0.15) is 46.9 Å². The maximum Gasteiger partial charge on any atom is 0.259 e. The van der Waals surface area contributed by atoms with Gasteiger partial charge in [0.2, 0.25) is 5.91 Å². The third kappa shape index (κ3) is 6.90. The van der Waals surface area contributed by atoms with Gasteiger partial charge in [0.1, 0.15) is 11.6 Å². The van der Waals surface area contributed by atoms with Crippen molar-refractivity contribution < 1.29 is 18.8 Å². The molecule has 1 atom stereocenters. The fourth-order valence-electron chi connectivity index (χ4n) is 4.06. The Morgan fingerprint density at radius 3 is 2.32 bits per heavy atom. The zero-order chi connectivity index (χ0) is 26.4. The summed E-state index contributed by atoms with van der Waals surface area (Å²) in [6.07, 6.45) is 4.75. The molecule has 3 amide bonds. The Morgan fingerprint density at radius 2 is 1.65 bits per heavy atom. The first-order valence-corrected chi connectivity index (χ1v) is 12.4. The molecule has 0 radical (unpaired) electrons. The number of halogens is 2. The second kappa shape index (κ2) is 11.9. The van der Waals surface area contributed by atoms with E-state index in [-0.39, 0.29) is 29.0 Å². The van der Waals surface area contributed by atoms with Gasteiger partial charge in [0, 0.05) is 17.4 Å². The fourth-order valence-corrected chi connectivity index (χ4v) is 4.18. The molecule has 192 valence electrons. The number of likely N-dealkylation sites (tertiary alicyclic amines) is 1. The van der Waals surface area contributed by atoms with Crippen LogP contribution >= 0.6 is 11.6 Å². The van der Waals surface area contributed by atoms with Crippen molar-refractivity contribution in [1.29, 1.82) is 0 Å². The Labute approximate surface area is 219 Å². The largest absolute Gasteiger partial charge is 0.325 e. The summed E-state index contributed by atoms with van der Waals surface area (Å²) in [4.78, 5) is 44.4. The minimum absolute atomic E-state index is 0.0688. The van der Waals surface area contributed by atoms with Crippen molar-refractivity contribution in [2.24, 2.45) is 0 Å². The van der Waals surface area contributed by atoms with Crippen molar-refractivity contribution in [3.63, 3.8) is 0 Å². The number of nitrogens with one attached hydrogen (secondary N) is 3. The number of pyridine rings is 1. The van der Waals surface area contributed by atoms with Crippen LogP contribution in [0, 0.1) is 5.82 Å². The lowest BCUT2D eigenvalue weighted by molar-refractivity contribution is -0.121. The number of anilines is 3. The van der Waals surface area contributed by atoms with Crippen LogP contribution in [-0.4, -0.2) is 46.7 Å². The molecule has 1 aromatic heterocycles. The second-order valence-corrected chi connectivity index (χ2v) is 9.24. The fraction of sp³-hybridized carbons (Fsp3) is 0.259. The summed E-state index contributed by atoms with van der Waals surface area (Å²) in [6.45, 7) is 3.71. The van der Waals surface area contributed by atoms with Gasteiger partial charge in [-0.1, -0.05) is 18.0 Å². The van der Waals surface area contributed by atoms with E-state index in [1.807, 2.05) is 6.92 Å². The molecule has 1 saturated heterocycles. The minimum Gasteiger partial charge on any atom is -0.325 e. The van der Waals surface area contributed by atoms with Crippen molar-refractivity contribution in [3.8, 4) is 0 Å². The average molecular weight is 524 g/mol. The van der Waals surface area contributed by atoms with Crippen LogP contribution in [0.15, 0.2) is 60.8 Å². The van der Waals surface area contributed by atoms with Gasteiger partial charge < -0.3 is 16.0 Å². The summed E-state index contributed by atoms with van der Waals surface area (Å²) < 4.78 is 13.9. The highest BCUT2D eigenvalue weighted by Gasteiger charge is 2.23. The highest BCUT2D eigenvalue weighted by molar-refractivity contribution is 6.30. The Balaban J connectivity index is 1.41. The first kappa shape index (κ1) is 26.2. The standard InChI is InChI=1S/C27H27ClFN5O3/c1-17(34-13-3-2-4-14-34)25(35)31-21-9-5-18(6-10-21)26(36)32-23-11-8-20(29)15-22(23)27(37)33-24-12-7-19(28)16-30-24/h5-12,15-17H,2-4,13-14H2,1H3,(H,31,35)(H,32,36)(H,30,33,37). The molecule has 1 unspecified atom stereocenters. The Kier molecular flexibility index (Phi) is 8.47. The van der Waals surface area contributed by atoms with Crippen LogP contribution in [0.25, 0.3) is 0 Å². The Bertz CT molecular complexity index is 1280. The van der Waals surface area contributed by atoms with E-state index in [1.54, 1.807) is 30.3 Å². The molecule has 1 fully saturated rings. The van der Waals surface area contributed by atoms with E-state index in [0.717, 1.165) is 38.1 Å². The van der Waals surface area contributed by atoms with E-state index in [2.05, 4.69) is 25.8 Å². The number of nitrogens with zero attached hydrogens (tertiary/aromatic N) is 2. The van der Waals surface area contributed by atoms with Crippen molar-refractivity contribution in [2.45, 2.75) is 32.2 Å². The highest BCUT2D eigenvalue weighted by Crippen LogP contribution is 2.21. The molecule has 0 bridgehead atoms. The van der Waals surface area contributed by atoms with E-state index in [4.69, 9.17) is 11.6 Å². The van der Waals surface area contributed by atoms with Crippen molar-refractivity contribution >= 4 is 46.5 Å². The molecule has 2 heterocycles. The van der Waals surface area contributed by atoms with E-state index in [0.29, 0.717) is 16.3 Å². The summed E-state index contributed by atoms with van der Waals surface area (Å²) in [5.41, 5.74) is 0.936. The molecule has 1 aliphatic rings. The molecular formula is C27H27ClFN5O3. The maximum absolute atomic E-state index is 13.9. The molecule has 1 aliphatic heterocycles. The zero-order valence-electron chi connectivity index (χ0n) is 20.3. The monoisotopic (exact) mass is 523 g/mol. The minimum atomic E-state index is -0.648. The van der Waals surface area contributed by atoms with Crippen LogP contribution in [0.2, 0.25) is 5.02 Å². The van der Waals surface area contributed by atoms with Crippen molar-refractivity contribution in [3.05, 3.63) is 82.8 Å². The molecule has 2 aromatic carbocycles. The van der Waals surface area contributed by atoms with Gasteiger partial charge in [-0.3, -0.25) is 19.3 Å². The number of aromatic nitrogens is 1. The normalized spacial score (nSPS) is 14.5. The van der Waals surface area contributed by atoms with Crippen LogP contribution < -0.4 is 16.0 Å². The smallest absolute Gasteiger partial charge is 0.259 e. The van der Waals surface area contributed by atoms with Gasteiger partial charge in [0.05, 0.1) is 22.3 Å². The number of piperidine rings is 1. The molecule has 0 saturated carbocycles. The molecule has 37 heavy (non-hydrogen) atoms. The molecule has 0 aliphatic carbocycles. The predicted molar refractivity (Wildman–Crippen MR) is 142 cm³/mol. The lowest BCUT2D eigenvalue weighted by Gasteiger charge is -2.31. The predicted octanol–water partition coefficient (Wildman–Crippen LogP) is 5.19. The van der Waals surface area contributed by atoms with Crippen LogP contribution in [-0.2, 0) is 4.79 Å². The van der Waals surface area contributed by atoms with E-state index in [1.165, 1.54) is 24.8 Å². The quantitative estimate of drug-likeness (QED) is 0.395. The SMILES string of the molecule is CC(C(=O)Nc1ccc(C(=O)Nc2ccc(F)cc2C(=O)Nc2ccc(Cl)cn2)cc1)N1CCCCC1. The van der Waals surface area contributed by atoms with Crippen LogP contribution in [0.3, 0.4) is 0 Å². The number of amides is 3. The summed E-state index contributed by atoms with van der Waals surface area (Å²) in [7, 11) is 0. The first-order valence-electron chi connectivity index (χ1n) is 12.0. The van der Waals surface area contributed by atoms with Crippen molar-refractivity contribution in [2.75, 3.05) is 29.0 Å². The summed E-state index contributed by atoms with van der Waals surface area (Å²) >= 11 is 5.81. The van der Waals surface area contributed by atoms with Gasteiger partial charge in [-0.25, -0.2) is 9.37 Å². The molecule has 8 nitrogen and oxygen atoms in total. The van der Waals surface area contributed by atoms with Gasteiger partial charge in [-0.05, 0) is 87.5 Å². The molecule has 3 N–H and O–H groups in total. The van der Waals surface area contributed by atoms with Gasteiger partial charge in [-0.15, -0.1) is 0 Å². The zero-order valence-corrected chi connectivity index (χ0v) is 21.0. The first-order chi connectivity index (χ1) is 17.8. The van der Waals surface area contributed by atoms with E-state index in [9.17, 15) is 18.8 Å². The van der Waals surface area contributed by atoms with Gasteiger partial charge >= 0.3 is 0 Å². The van der Waals surface area contributed by atoms with E-state index < -0.39 is 17.6 Å². The summed E-state index contributed by atoms with van der Waals surface area (Å²) in [5, 5.41) is 8.50. The number of hydrogen-bond acceptors (Lipinski definition) is 5. The lowest BCUT2D eigenvalue weighted by Crippen LogP contribution is -2.44. The number of rotatable bonds is 7. The second-order valence-electron chi connectivity index (χ2n) is 8.80. The Hall–Kier alpha value is -3.82. The van der Waals surface area contributed by atoms with Gasteiger partial charge in [0.25, 0.3) is 11.8 Å². The number of carbonyl (C=O) groups excluding carboxylic acids is 3. The summed E-state index contributed by atoms with van der Waals surface area (Å²) in [6, 6.07) is 12.7. The average Bonchev–Trinajstić information content (AvgIpc) is 2.91. The maximum atomic E-state index is 13.9. The molecule has 10 heteroatoms. The van der Waals surface area contributed by atoms with Crippen molar-refractivity contribution in [1.82, 2.24) is 9.88 Å². The van der Waals surface area contributed by atoms with Crippen LogP contribution in [0.4, 0.5) is 21.6 Å². The lowest BCUT2D eigenvalue weighted by atomic mass is 10.1. The highest BCUT2D eigenvalue weighted by atomic mass is 35.5. The molecule has 0 spiro atoms. The topological polar surface area (TPSA) is 103 Å². The summed E-state index contributed by atoms with van der Waals surface area (Å²) in [5.74, 6) is -1.65. The number of hydrogen-bond donors (Lipinski definition) is 3. The molecule has 4 rings (SSSR count). The van der Waals surface area contributed by atoms with E-state index >= 15 is 0 Å². The third-order valence-electron chi connectivity index (χ3n) is 6.18. The van der Waals surface area contributed by atoms with Gasteiger partial charge in [0.15, 0.2) is 0 Å².